The molecule has 0 radical (unpaired) electrons. The first-order valence-corrected chi connectivity index (χ1v) is 5.11. The fourth-order valence-electron chi connectivity index (χ4n) is 2.60. The molecule has 1 aliphatic heterocycles. The Balaban J connectivity index is 2.01. The third-order valence-corrected chi connectivity index (χ3v) is 3.23. The molecule has 2 fully saturated rings. The van der Waals surface area contributed by atoms with E-state index in [4.69, 9.17) is 4.74 Å². The normalized spacial score (nSPS) is 48.5. The lowest BCUT2D eigenvalue weighted by molar-refractivity contribution is -0.142. The summed E-state index contributed by atoms with van der Waals surface area (Å²) in [6.45, 7) is 2.06. The Morgan fingerprint density at radius 1 is 1.25 bits per heavy atom. The maximum absolute atomic E-state index is 9.79. The van der Waals surface area contributed by atoms with Crippen molar-refractivity contribution in [1.82, 2.24) is 0 Å². The Labute approximate surface area is 73.9 Å². The molecule has 2 heteroatoms. The van der Waals surface area contributed by atoms with E-state index < -0.39 is 0 Å². The number of ether oxygens (including phenoxy) is 1. The highest BCUT2D eigenvalue weighted by atomic mass is 16.5. The third-order valence-electron chi connectivity index (χ3n) is 3.23. The van der Waals surface area contributed by atoms with Gasteiger partial charge in [-0.05, 0) is 26.2 Å². The summed E-state index contributed by atoms with van der Waals surface area (Å²) in [5.41, 5.74) is 0. The minimum absolute atomic E-state index is 0.0981. The Kier molecular flexibility index (Phi) is 2.37. The van der Waals surface area contributed by atoms with Crippen LogP contribution in [0.25, 0.3) is 0 Å². The van der Waals surface area contributed by atoms with Crippen LogP contribution in [0.5, 0.6) is 0 Å². The van der Waals surface area contributed by atoms with Crippen LogP contribution in [-0.2, 0) is 4.74 Å². The summed E-state index contributed by atoms with van der Waals surface area (Å²) in [7, 11) is 0. The lowest BCUT2D eigenvalue weighted by Gasteiger charge is -2.41. The highest BCUT2D eigenvalue weighted by molar-refractivity contribution is 4.86. The molecule has 70 valence electrons. The highest BCUT2D eigenvalue weighted by Crippen LogP contribution is 2.35. The van der Waals surface area contributed by atoms with E-state index in [0.717, 1.165) is 12.8 Å². The molecule has 1 saturated carbocycles. The van der Waals surface area contributed by atoms with E-state index in [-0.39, 0.29) is 12.2 Å². The van der Waals surface area contributed by atoms with Gasteiger partial charge in [0.25, 0.3) is 0 Å². The predicted octanol–water partition coefficient (Wildman–Crippen LogP) is 1.71. The molecule has 12 heavy (non-hydrogen) atoms. The fraction of sp³-hybridized carbons (Fsp3) is 1.00. The van der Waals surface area contributed by atoms with E-state index in [9.17, 15) is 5.11 Å². The highest BCUT2D eigenvalue weighted by Gasteiger charge is 2.37. The summed E-state index contributed by atoms with van der Waals surface area (Å²) >= 11 is 0. The van der Waals surface area contributed by atoms with Crippen LogP contribution in [-0.4, -0.2) is 23.4 Å². The minimum Gasteiger partial charge on any atom is -0.393 e. The van der Waals surface area contributed by atoms with Crippen molar-refractivity contribution in [2.75, 3.05) is 0 Å². The van der Waals surface area contributed by atoms with Gasteiger partial charge in [0.1, 0.15) is 0 Å². The maximum atomic E-state index is 9.79. The van der Waals surface area contributed by atoms with Gasteiger partial charge < -0.3 is 9.84 Å². The average molecular weight is 170 g/mol. The van der Waals surface area contributed by atoms with E-state index in [1.165, 1.54) is 19.3 Å². The molecule has 0 aromatic heterocycles. The Morgan fingerprint density at radius 3 is 2.83 bits per heavy atom. The molecule has 4 atom stereocenters. The van der Waals surface area contributed by atoms with Crippen molar-refractivity contribution in [2.45, 2.75) is 57.3 Å². The van der Waals surface area contributed by atoms with Gasteiger partial charge in [-0.2, -0.15) is 0 Å². The molecular formula is C10H18O2. The first kappa shape index (κ1) is 8.52. The zero-order chi connectivity index (χ0) is 8.55. The van der Waals surface area contributed by atoms with Crippen molar-refractivity contribution < 1.29 is 9.84 Å². The summed E-state index contributed by atoms with van der Waals surface area (Å²) in [6, 6.07) is 0. The average Bonchev–Trinajstić information content (AvgIpc) is 2.04. The molecule has 4 unspecified atom stereocenters. The van der Waals surface area contributed by atoms with Crippen molar-refractivity contribution in [2.24, 2.45) is 5.92 Å². The second-order valence-corrected chi connectivity index (χ2v) is 4.24. The monoisotopic (exact) mass is 170 g/mol. The number of aliphatic hydroxyl groups is 1. The van der Waals surface area contributed by atoms with Crippen molar-refractivity contribution >= 4 is 0 Å². The first-order valence-electron chi connectivity index (χ1n) is 5.11. The molecule has 0 spiro atoms. The topological polar surface area (TPSA) is 29.5 Å². The van der Waals surface area contributed by atoms with Gasteiger partial charge in [-0.15, -0.1) is 0 Å². The standard InChI is InChI=1S/C10H18O2/c1-7-6-9(11)8-4-2-3-5-10(8)12-7/h7-11H,2-6H2,1H3. The molecule has 2 rings (SSSR count). The second kappa shape index (κ2) is 3.35. The molecule has 0 aromatic rings. The molecule has 2 aliphatic rings. The van der Waals surface area contributed by atoms with Crippen LogP contribution < -0.4 is 0 Å². The van der Waals surface area contributed by atoms with Crippen LogP contribution in [0, 0.1) is 5.92 Å². The van der Waals surface area contributed by atoms with E-state index in [0.29, 0.717) is 12.0 Å². The Bertz CT molecular complexity index is 158. The van der Waals surface area contributed by atoms with Gasteiger partial charge >= 0.3 is 0 Å². The number of hydrogen-bond donors (Lipinski definition) is 1. The number of rotatable bonds is 0. The van der Waals surface area contributed by atoms with Crippen molar-refractivity contribution in [1.29, 1.82) is 0 Å². The molecule has 1 saturated heterocycles. The smallest absolute Gasteiger partial charge is 0.0631 e. The van der Waals surface area contributed by atoms with Gasteiger partial charge in [0, 0.05) is 5.92 Å². The van der Waals surface area contributed by atoms with Crippen molar-refractivity contribution in [3.63, 3.8) is 0 Å². The zero-order valence-electron chi connectivity index (χ0n) is 7.70. The van der Waals surface area contributed by atoms with Crippen LogP contribution in [0.1, 0.15) is 39.0 Å². The maximum Gasteiger partial charge on any atom is 0.0631 e. The van der Waals surface area contributed by atoms with Crippen molar-refractivity contribution in [3.8, 4) is 0 Å². The largest absolute Gasteiger partial charge is 0.393 e. The summed E-state index contributed by atoms with van der Waals surface area (Å²) in [6.07, 6.45) is 6.23. The van der Waals surface area contributed by atoms with Crippen LogP contribution in [0.2, 0.25) is 0 Å². The predicted molar refractivity (Wildman–Crippen MR) is 46.9 cm³/mol. The van der Waals surface area contributed by atoms with Gasteiger partial charge in [0.2, 0.25) is 0 Å². The summed E-state index contributed by atoms with van der Waals surface area (Å²) < 4.78 is 5.80. The second-order valence-electron chi connectivity index (χ2n) is 4.24. The van der Waals surface area contributed by atoms with Gasteiger partial charge in [0.05, 0.1) is 18.3 Å². The lowest BCUT2D eigenvalue weighted by Crippen LogP contribution is -2.44. The van der Waals surface area contributed by atoms with E-state index in [1.807, 2.05) is 0 Å². The van der Waals surface area contributed by atoms with Gasteiger partial charge in [-0.1, -0.05) is 12.8 Å². The number of aliphatic hydroxyl groups excluding tert-OH is 1. The quantitative estimate of drug-likeness (QED) is 0.599. The molecule has 1 N–H and O–H groups in total. The minimum atomic E-state index is -0.0981. The van der Waals surface area contributed by atoms with Gasteiger partial charge in [-0.25, -0.2) is 0 Å². The van der Waals surface area contributed by atoms with Crippen LogP contribution in [0.15, 0.2) is 0 Å². The Hall–Kier alpha value is -0.0800. The molecule has 0 bridgehead atoms. The number of fused-ring (bicyclic) bond motifs is 1. The lowest BCUT2D eigenvalue weighted by atomic mass is 9.79. The van der Waals surface area contributed by atoms with Crippen LogP contribution >= 0.6 is 0 Å². The molecule has 1 heterocycles. The third kappa shape index (κ3) is 1.50. The SMILES string of the molecule is CC1CC(O)C2CCCCC2O1. The van der Waals surface area contributed by atoms with Crippen LogP contribution in [0.4, 0.5) is 0 Å². The zero-order valence-corrected chi connectivity index (χ0v) is 7.70. The molecule has 2 nitrogen and oxygen atoms in total. The molecular weight excluding hydrogens is 152 g/mol. The van der Waals surface area contributed by atoms with Crippen molar-refractivity contribution in [3.05, 3.63) is 0 Å². The molecule has 1 aliphatic carbocycles. The summed E-state index contributed by atoms with van der Waals surface area (Å²) in [5, 5.41) is 9.79. The number of hydrogen-bond acceptors (Lipinski definition) is 2. The van der Waals surface area contributed by atoms with E-state index >= 15 is 0 Å². The van der Waals surface area contributed by atoms with E-state index in [2.05, 4.69) is 6.92 Å². The van der Waals surface area contributed by atoms with Gasteiger partial charge in [0.15, 0.2) is 0 Å². The van der Waals surface area contributed by atoms with Gasteiger partial charge in [-0.3, -0.25) is 0 Å². The van der Waals surface area contributed by atoms with Crippen LogP contribution in [0.3, 0.4) is 0 Å². The molecule has 0 amide bonds. The Morgan fingerprint density at radius 2 is 2.00 bits per heavy atom. The van der Waals surface area contributed by atoms with E-state index in [1.54, 1.807) is 0 Å². The summed E-state index contributed by atoms with van der Waals surface area (Å²) in [4.78, 5) is 0. The summed E-state index contributed by atoms with van der Waals surface area (Å²) in [5.74, 6) is 0.440. The fourth-order valence-corrected chi connectivity index (χ4v) is 2.60. The molecule has 0 aromatic carbocycles. The first-order chi connectivity index (χ1) is 5.77.